The molecule has 0 saturated carbocycles. The number of rotatable bonds is 8. The number of benzene rings is 2. The highest BCUT2D eigenvalue weighted by atomic mass is 35.5. The maximum Gasteiger partial charge on any atom is 0.227 e. The second kappa shape index (κ2) is 10.4. The first kappa shape index (κ1) is 23.4. The maximum atomic E-state index is 13.1. The molecule has 1 fully saturated rings. The fraction of sp³-hybridized carbons (Fsp3) is 0.480. The lowest BCUT2D eigenvalue weighted by atomic mass is 9.91. The Morgan fingerprint density at radius 1 is 1.13 bits per heavy atom. The van der Waals surface area contributed by atoms with Crippen molar-refractivity contribution in [2.75, 3.05) is 31.1 Å². The van der Waals surface area contributed by atoms with E-state index in [0.29, 0.717) is 24.6 Å². The number of phenolic OH excluding ortho intramolecular Hbond substituents is 1. The van der Waals surface area contributed by atoms with Gasteiger partial charge in [-0.3, -0.25) is 9.69 Å². The molecule has 31 heavy (non-hydrogen) atoms. The van der Waals surface area contributed by atoms with E-state index in [1.165, 1.54) is 18.9 Å². The Kier molecular flexibility index (Phi) is 7.84. The van der Waals surface area contributed by atoms with Crippen molar-refractivity contribution in [1.82, 2.24) is 4.90 Å². The summed E-state index contributed by atoms with van der Waals surface area (Å²) in [5, 5.41) is 10.1. The number of ether oxygens (including phenoxy) is 1. The Balaban J connectivity index is 1.71. The molecular formula is C25H33ClN2O3. The molecule has 1 N–H and O–H groups in total. The number of phenols is 1. The monoisotopic (exact) mass is 444 g/mol. The molecule has 1 aliphatic heterocycles. The normalized spacial score (nSPS) is 14.6. The van der Waals surface area contributed by atoms with Gasteiger partial charge in [-0.05, 0) is 73.3 Å². The molecule has 0 unspecified atom stereocenters. The lowest BCUT2D eigenvalue weighted by Gasteiger charge is -2.27. The van der Waals surface area contributed by atoms with E-state index in [-0.39, 0.29) is 17.1 Å². The number of aromatic hydroxyl groups is 1. The topological polar surface area (TPSA) is 53.0 Å². The van der Waals surface area contributed by atoms with Crippen LogP contribution < -0.4 is 9.64 Å². The Morgan fingerprint density at radius 2 is 1.81 bits per heavy atom. The molecule has 2 aromatic carbocycles. The minimum Gasteiger partial charge on any atom is -0.508 e. The Labute approximate surface area is 190 Å². The first-order valence-corrected chi connectivity index (χ1v) is 11.3. The summed E-state index contributed by atoms with van der Waals surface area (Å²) in [4.78, 5) is 17.3. The number of carbonyl (C=O) groups excluding carboxylic acids is 1. The third kappa shape index (κ3) is 7.15. The lowest BCUT2D eigenvalue weighted by molar-refractivity contribution is -0.120. The van der Waals surface area contributed by atoms with Gasteiger partial charge in [0.25, 0.3) is 0 Å². The second-order valence-electron chi connectivity index (χ2n) is 9.38. The Morgan fingerprint density at radius 3 is 2.42 bits per heavy atom. The summed E-state index contributed by atoms with van der Waals surface area (Å²) in [6, 6.07) is 12.5. The lowest BCUT2D eigenvalue weighted by Crippen LogP contribution is -2.33. The zero-order chi connectivity index (χ0) is 22.4. The van der Waals surface area contributed by atoms with Crippen LogP contribution in [0, 0.1) is 5.41 Å². The van der Waals surface area contributed by atoms with Gasteiger partial charge in [-0.1, -0.05) is 38.4 Å². The third-order valence-electron chi connectivity index (χ3n) is 5.37. The van der Waals surface area contributed by atoms with Gasteiger partial charge in [0, 0.05) is 23.7 Å². The molecule has 168 valence electrons. The van der Waals surface area contributed by atoms with E-state index in [1.54, 1.807) is 17.0 Å². The Hall–Kier alpha value is -2.24. The van der Waals surface area contributed by atoms with Crippen LogP contribution in [0.3, 0.4) is 0 Å². The van der Waals surface area contributed by atoms with Gasteiger partial charge in [0.1, 0.15) is 18.1 Å². The van der Waals surface area contributed by atoms with Crippen LogP contribution in [0.4, 0.5) is 5.69 Å². The van der Waals surface area contributed by atoms with Crippen molar-refractivity contribution in [3.05, 3.63) is 53.1 Å². The van der Waals surface area contributed by atoms with Gasteiger partial charge in [0.05, 0.1) is 6.54 Å². The van der Waals surface area contributed by atoms with E-state index in [1.807, 2.05) is 45.0 Å². The summed E-state index contributed by atoms with van der Waals surface area (Å²) in [6.45, 7) is 10.4. The highest BCUT2D eigenvalue weighted by molar-refractivity contribution is 6.31. The van der Waals surface area contributed by atoms with Gasteiger partial charge in [0.2, 0.25) is 5.91 Å². The number of likely N-dealkylation sites (tertiary alicyclic amines) is 1. The predicted octanol–water partition coefficient (Wildman–Crippen LogP) is 5.49. The van der Waals surface area contributed by atoms with Crippen molar-refractivity contribution in [3.8, 4) is 11.5 Å². The first-order valence-electron chi connectivity index (χ1n) is 10.9. The van der Waals surface area contributed by atoms with Crippen molar-refractivity contribution in [2.24, 2.45) is 5.41 Å². The van der Waals surface area contributed by atoms with E-state index < -0.39 is 0 Å². The summed E-state index contributed by atoms with van der Waals surface area (Å²) < 4.78 is 5.90. The summed E-state index contributed by atoms with van der Waals surface area (Å²) in [5.41, 5.74) is 1.45. The zero-order valence-corrected chi connectivity index (χ0v) is 19.5. The number of carbonyl (C=O) groups is 1. The summed E-state index contributed by atoms with van der Waals surface area (Å²) in [6.07, 6.45) is 2.97. The summed E-state index contributed by atoms with van der Waals surface area (Å²) in [7, 11) is 0. The largest absolute Gasteiger partial charge is 0.508 e. The van der Waals surface area contributed by atoms with E-state index in [9.17, 15) is 9.90 Å². The third-order valence-corrected chi connectivity index (χ3v) is 5.72. The van der Waals surface area contributed by atoms with Crippen LogP contribution in [0.1, 0.15) is 45.6 Å². The van der Waals surface area contributed by atoms with E-state index in [0.717, 1.165) is 36.6 Å². The number of nitrogens with zero attached hydrogens (tertiary/aromatic N) is 2. The molecular weight excluding hydrogens is 412 g/mol. The van der Waals surface area contributed by atoms with Crippen molar-refractivity contribution in [1.29, 1.82) is 0 Å². The number of halogens is 1. The van der Waals surface area contributed by atoms with E-state index >= 15 is 0 Å². The standard InChI is InChI=1S/C25H33ClN2O3/c1-25(2,3)17-24(30)28(18-19-6-9-21(29)16-23(19)26)20-7-10-22(11-8-20)31-15-14-27-12-4-5-13-27/h6-11,16,29H,4-5,12-15,17-18H2,1-3H3. The molecule has 0 aromatic heterocycles. The number of anilines is 1. The predicted molar refractivity (Wildman–Crippen MR) is 126 cm³/mol. The molecule has 0 atom stereocenters. The minimum atomic E-state index is -0.132. The number of amides is 1. The van der Waals surface area contributed by atoms with Gasteiger partial charge < -0.3 is 14.7 Å². The molecule has 1 aliphatic rings. The van der Waals surface area contributed by atoms with E-state index in [4.69, 9.17) is 16.3 Å². The molecule has 2 aromatic rings. The molecule has 0 spiro atoms. The SMILES string of the molecule is CC(C)(C)CC(=O)N(Cc1ccc(O)cc1Cl)c1ccc(OCCN2CCCC2)cc1. The van der Waals surface area contributed by atoms with Crippen LogP contribution in [0.15, 0.2) is 42.5 Å². The van der Waals surface area contributed by atoms with Crippen LogP contribution in [-0.2, 0) is 11.3 Å². The van der Waals surface area contributed by atoms with Crippen LogP contribution in [0.25, 0.3) is 0 Å². The van der Waals surface area contributed by atoms with Gasteiger partial charge in [-0.15, -0.1) is 0 Å². The van der Waals surface area contributed by atoms with Crippen molar-refractivity contribution < 1.29 is 14.6 Å². The quantitative estimate of drug-likeness (QED) is 0.584. The molecule has 1 saturated heterocycles. The molecule has 1 heterocycles. The highest BCUT2D eigenvalue weighted by Crippen LogP contribution is 2.29. The summed E-state index contributed by atoms with van der Waals surface area (Å²) in [5.74, 6) is 0.935. The Bertz CT molecular complexity index is 871. The molecule has 0 radical (unpaired) electrons. The maximum absolute atomic E-state index is 13.1. The first-order chi connectivity index (χ1) is 14.7. The molecule has 1 amide bonds. The second-order valence-corrected chi connectivity index (χ2v) is 9.79. The molecule has 5 nitrogen and oxygen atoms in total. The molecule has 6 heteroatoms. The molecule has 0 aliphatic carbocycles. The van der Waals surface area contributed by atoms with Crippen molar-refractivity contribution in [2.45, 2.75) is 46.6 Å². The van der Waals surface area contributed by atoms with Crippen LogP contribution >= 0.6 is 11.6 Å². The number of hydrogen-bond donors (Lipinski definition) is 1. The van der Waals surface area contributed by atoms with Gasteiger partial charge in [-0.25, -0.2) is 0 Å². The fourth-order valence-corrected chi connectivity index (χ4v) is 3.96. The minimum absolute atomic E-state index is 0.0272. The van der Waals surface area contributed by atoms with Crippen molar-refractivity contribution >= 4 is 23.2 Å². The van der Waals surface area contributed by atoms with Crippen LogP contribution in [0.5, 0.6) is 11.5 Å². The van der Waals surface area contributed by atoms with Gasteiger partial charge in [0.15, 0.2) is 0 Å². The van der Waals surface area contributed by atoms with Gasteiger partial charge in [-0.2, -0.15) is 0 Å². The van der Waals surface area contributed by atoms with Crippen LogP contribution in [-0.4, -0.2) is 42.2 Å². The highest BCUT2D eigenvalue weighted by Gasteiger charge is 2.23. The average molecular weight is 445 g/mol. The van der Waals surface area contributed by atoms with Gasteiger partial charge >= 0.3 is 0 Å². The smallest absolute Gasteiger partial charge is 0.227 e. The summed E-state index contributed by atoms with van der Waals surface area (Å²) >= 11 is 6.31. The van der Waals surface area contributed by atoms with Crippen LogP contribution in [0.2, 0.25) is 5.02 Å². The molecule has 0 bridgehead atoms. The van der Waals surface area contributed by atoms with E-state index in [2.05, 4.69) is 4.90 Å². The van der Waals surface area contributed by atoms with Crippen molar-refractivity contribution in [3.63, 3.8) is 0 Å². The average Bonchev–Trinajstić information content (AvgIpc) is 3.20. The zero-order valence-electron chi connectivity index (χ0n) is 18.7. The fourth-order valence-electron chi connectivity index (χ4n) is 3.73. The molecule has 3 rings (SSSR count). The number of hydrogen-bond acceptors (Lipinski definition) is 4.